The molecule has 1 aliphatic carbocycles. The fourth-order valence-corrected chi connectivity index (χ4v) is 4.31. The molecule has 0 heterocycles. The molecule has 2 atom stereocenters. The Balaban J connectivity index is 2.01. The third-order valence-corrected chi connectivity index (χ3v) is 5.85. The minimum absolute atomic E-state index is 0.556. The maximum absolute atomic E-state index is 11.6. The van der Waals surface area contributed by atoms with Crippen LogP contribution in [0.5, 0.6) is 11.5 Å². The maximum Gasteiger partial charge on any atom is 0.323 e. The maximum atomic E-state index is 11.6. The molecule has 0 aromatic heterocycles. The Morgan fingerprint density at radius 2 is 1.45 bits per heavy atom. The first-order chi connectivity index (χ1) is 14.9. The van der Waals surface area contributed by atoms with Gasteiger partial charge >= 0.3 is 5.97 Å². The van der Waals surface area contributed by atoms with Gasteiger partial charge in [0.25, 0.3) is 0 Å². The minimum Gasteiger partial charge on any atom is -0.493 e. The van der Waals surface area contributed by atoms with E-state index in [0.29, 0.717) is 11.5 Å². The molecule has 6 nitrogen and oxygen atoms in total. The number of carbonyl (C=O) groups is 1. The lowest BCUT2D eigenvalue weighted by Crippen LogP contribution is -2.46. The number of nitrogens with two attached hydrogens (primary N) is 1. The van der Waals surface area contributed by atoms with Crippen LogP contribution in [0.1, 0.15) is 23.6 Å². The molecule has 0 saturated carbocycles. The van der Waals surface area contributed by atoms with E-state index in [4.69, 9.17) is 19.9 Å². The zero-order valence-corrected chi connectivity index (χ0v) is 17.7. The van der Waals surface area contributed by atoms with E-state index in [1.54, 1.807) is 21.1 Å². The van der Waals surface area contributed by atoms with Crippen molar-refractivity contribution >= 4 is 5.97 Å². The number of hydrogen-bond donors (Lipinski definition) is 2. The molecule has 1 aliphatic rings. The average molecular weight is 419 g/mol. The minimum atomic E-state index is -1.18. The van der Waals surface area contributed by atoms with Crippen molar-refractivity contribution in [2.45, 2.75) is 24.7 Å². The average Bonchev–Trinajstić information content (AvgIpc) is 3.09. The highest BCUT2D eigenvalue weighted by Crippen LogP contribution is 2.54. The van der Waals surface area contributed by atoms with Gasteiger partial charge in [0.1, 0.15) is 11.6 Å². The van der Waals surface area contributed by atoms with Crippen LogP contribution in [-0.4, -0.2) is 37.4 Å². The topological polar surface area (TPSA) is 91.0 Å². The van der Waals surface area contributed by atoms with Crippen molar-refractivity contribution in [2.75, 3.05) is 14.2 Å². The Labute approximate surface area is 181 Å². The van der Waals surface area contributed by atoms with Gasteiger partial charge in [0.15, 0.2) is 11.5 Å². The summed E-state index contributed by atoms with van der Waals surface area (Å²) in [5.74, 6) is 0.0332. The molecule has 3 aromatic carbocycles. The van der Waals surface area contributed by atoms with Gasteiger partial charge in [-0.3, -0.25) is 4.79 Å². The molecule has 0 fully saturated rings. The number of rotatable bonds is 7. The second-order valence-electron chi connectivity index (χ2n) is 7.53. The highest BCUT2D eigenvalue weighted by molar-refractivity contribution is 5.82. The number of benzene rings is 3. The van der Waals surface area contributed by atoms with Gasteiger partial charge in [0, 0.05) is 11.1 Å². The predicted octanol–water partition coefficient (Wildman–Crippen LogP) is 3.79. The van der Waals surface area contributed by atoms with Gasteiger partial charge in [-0.2, -0.15) is 0 Å². The number of hydrogen-bond acceptors (Lipinski definition) is 5. The van der Waals surface area contributed by atoms with E-state index >= 15 is 0 Å². The Bertz CT molecular complexity index is 1080. The van der Waals surface area contributed by atoms with Crippen LogP contribution in [0.3, 0.4) is 0 Å². The number of fused-ring (bicyclic) bond motifs is 3. The summed E-state index contributed by atoms with van der Waals surface area (Å²) < 4.78 is 17.6. The van der Waals surface area contributed by atoms with Crippen molar-refractivity contribution in [1.29, 1.82) is 0 Å². The largest absolute Gasteiger partial charge is 0.493 e. The molecule has 0 unspecified atom stereocenters. The van der Waals surface area contributed by atoms with Crippen molar-refractivity contribution in [3.63, 3.8) is 0 Å². The van der Waals surface area contributed by atoms with E-state index in [1.165, 1.54) is 0 Å². The van der Waals surface area contributed by atoms with Gasteiger partial charge in [0.05, 0.1) is 20.3 Å². The van der Waals surface area contributed by atoms with Crippen LogP contribution in [0.4, 0.5) is 0 Å². The first-order valence-corrected chi connectivity index (χ1v) is 10.0. The number of ether oxygens (including phenoxy) is 3. The van der Waals surface area contributed by atoms with Gasteiger partial charge in [-0.1, -0.05) is 54.6 Å². The zero-order valence-electron chi connectivity index (χ0n) is 17.7. The predicted molar refractivity (Wildman–Crippen MR) is 117 cm³/mol. The van der Waals surface area contributed by atoms with Crippen LogP contribution >= 0.6 is 0 Å². The standard InChI is InChI=1S/C25H25NO5/c1-15(23(26)24(27)28)31-25(16-12-13-21(29-2)22(14-16)30-3)19-10-6-4-8-17(19)18-9-5-7-11-20(18)25/h4-15,23H,26H2,1-3H3,(H,27,28)/t15-,23+/m1/s1. The lowest BCUT2D eigenvalue weighted by atomic mass is 9.83. The lowest BCUT2D eigenvalue weighted by molar-refractivity contribution is -0.144. The molecule has 31 heavy (non-hydrogen) atoms. The van der Waals surface area contributed by atoms with Gasteiger partial charge in [-0.25, -0.2) is 0 Å². The third-order valence-electron chi connectivity index (χ3n) is 5.85. The molecule has 6 heteroatoms. The normalized spacial score (nSPS) is 15.5. The summed E-state index contributed by atoms with van der Waals surface area (Å²) >= 11 is 0. The van der Waals surface area contributed by atoms with Crippen LogP contribution in [0.15, 0.2) is 66.7 Å². The fraction of sp³-hybridized carbons (Fsp3) is 0.240. The second kappa shape index (κ2) is 8.06. The second-order valence-corrected chi connectivity index (χ2v) is 7.53. The monoisotopic (exact) mass is 419 g/mol. The molecule has 160 valence electrons. The van der Waals surface area contributed by atoms with E-state index in [-0.39, 0.29) is 0 Å². The highest BCUT2D eigenvalue weighted by atomic mass is 16.5. The summed E-state index contributed by atoms with van der Waals surface area (Å²) in [4.78, 5) is 11.6. The smallest absolute Gasteiger partial charge is 0.323 e. The molecule has 0 radical (unpaired) electrons. The molecule has 3 N–H and O–H groups in total. The molecule has 4 rings (SSSR count). The van der Waals surface area contributed by atoms with Crippen LogP contribution in [0, 0.1) is 0 Å². The van der Waals surface area contributed by atoms with Crippen molar-refractivity contribution in [3.8, 4) is 22.6 Å². The summed E-state index contributed by atoms with van der Waals surface area (Å²) in [6, 6.07) is 20.4. The summed E-state index contributed by atoms with van der Waals surface area (Å²) in [6.07, 6.45) is -0.773. The van der Waals surface area contributed by atoms with Gasteiger partial charge in [-0.05, 0) is 35.7 Å². The molecule has 0 amide bonds. The van der Waals surface area contributed by atoms with E-state index in [1.807, 2.05) is 66.7 Å². The molecule has 3 aromatic rings. The van der Waals surface area contributed by atoms with Crippen LogP contribution in [-0.2, 0) is 15.1 Å². The number of aliphatic carboxylic acids is 1. The van der Waals surface area contributed by atoms with Crippen LogP contribution < -0.4 is 15.2 Å². The van der Waals surface area contributed by atoms with Gasteiger partial charge in [-0.15, -0.1) is 0 Å². The molecule has 0 bridgehead atoms. The third kappa shape index (κ3) is 3.24. The Kier molecular flexibility index (Phi) is 5.43. The molecular weight excluding hydrogens is 394 g/mol. The molecule has 0 spiro atoms. The molecule has 0 saturated heterocycles. The van der Waals surface area contributed by atoms with Crippen molar-refractivity contribution in [3.05, 3.63) is 83.4 Å². The van der Waals surface area contributed by atoms with Crippen molar-refractivity contribution in [1.82, 2.24) is 0 Å². The number of carboxylic acid groups (broad SMARTS) is 1. The molecule has 0 aliphatic heterocycles. The summed E-state index contributed by atoms with van der Waals surface area (Å²) in [5, 5.41) is 9.48. The highest BCUT2D eigenvalue weighted by Gasteiger charge is 2.48. The lowest BCUT2D eigenvalue weighted by Gasteiger charge is -2.36. The van der Waals surface area contributed by atoms with Crippen molar-refractivity contribution < 1.29 is 24.1 Å². The first-order valence-electron chi connectivity index (χ1n) is 10.0. The summed E-state index contributed by atoms with van der Waals surface area (Å²) in [6.45, 7) is 1.69. The zero-order chi connectivity index (χ0) is 22.2. The van der Waals surface area contributed by atoms with E-state index in [9.17, 15) is 9.90 Å². The van der Waals surface area contributed by atoms with Crippen LogP contribution in [0.2, 0.25) is 0 Å². The number of carboxylic acids is 1. The summed E-state index contributed by atoms with van der Waals surface area (Å²) in [5.41, 5.74) is 9.60. The van der Waals surface area contributed by atoms with Crippen molar-refractivity contribution in [2.24, 2.45) is 5.73 Å². The Morgan fingerprint density at radius 1 is 0.903 bits per heavy atom. The molecular formula is C25H25NO5. The summed E-state index contributed by atoms with van der Waals surface area (Å²) in [7, 11) is 3.16. The van der Waals surface area contributed by atoms with E-state index in [2.05, 4.69) is 0 Å². The first kappa shape index (κ1) is 20.9. The number of methoxy groups -OCH3 is 2. The SMILES string of the molecule is COc1ccc(C2(O[C@H](C)[C@H](N)C(=O)O)c3ccccc3-c3ccccc32)cc1OC. The van der Waals surface area contributed by atoms with E-state index < -0.39 is 23.7 Å². The van der Waals surface area contributed by atoms with Gasteiger partial charge < -0.3 is 25.1 Å². The van der Waals surface area contributed by atoms with Crippen LogP contribution in [0.25, 0.3) is 11.1 Å². The fourth-order valence-electron chi connectivity index (χ4n) is 4.31. The van der Waals surface area contributed by atoms with E-state index in [0.717, 1.165) is 27.8 Å². The quantitative estimate of drug-likeness (QED) is 0.605. The van der Waals surface area contributed by atoms with Gasteiger partial charge in [0.2, 0.25) is 0 Å². The Morgan fingerprint density at radius 3 is 1.97 bits per heavy atom. The Hall–Kier alpha value is -3.35.